The minimum Gasteiger partial charge on any atom is -0.507 e. The van der Waals surface area contributed by atoms with Gasteiger partial charge in [-0.05, 0) is 12.0 Å². The number of ether oxygens (including phenoxy) is 6. The molecule has 1 saturated heterocycles. The molecule has 3 rings (SSSR count). The van der Waals surface area contributed by atoms with E-state index >= 15 is 0 Å². The number of benzene rings is 2. The Morgan fingerprint density at radius 2 is 1.36 bits per heavy atom. The Labute approximate surface area is 255 Å². The number of phenolic OH excluding ortho intramolecular Hbond substituents is 2. The van der Waals surface area contributed by atoms with Crippen LogP contribution in [0.4, 0.5) is 5.69 Å². The van der Waals surface area contributed by atoms with E-state index in [1.165, 1.54) is 24.3 Å². The number of aryl methyl sites for hydroxylation is 1. The second-order valence-electron chi connectivity index (χ2n) is 9.87. The van der Waals surface area contributed by atoms with E-state index in [0.717, 1.165) is 39.8 Å². The molecule has 1 aliphatic rings. The topological polar surface area (TPSA) is 224 Å². The third-order valence-corrected chi connectivity index (χ3v) is 6.34. The predicted molar refractivity (Wildman–Crippen MR) is 148 cm³/mol. The molecule has 242 valence electrons. The Morgan fingerprint density at radius 1 is 0.822 bits per heavy atom. The maximum absolute atomic E-state index is 12.9. The van der Waals surface area contributed by atoms with Crippen molar-refractivity contribution in [2.75, 3.05) is 6.61 Å². The molecule has 5 unspecified atom stereocenters. The summed E-state index contributed by atoms with van der Waals surface area (Å²) in [5.74, 6) is -5.54. The van der Waals surface area contributed by atoms with Crippen LogP contribution in [0.2, 0.25) is 0 Å². The number of Topliss-reactive ketones (excluding diaryl/α,β-unsaturated/α-hetero) is 1. The number of carbonyl (C=O) groups is 5. The van der Waals surface area contributed by atoms with Gasteiger partial charge in [-0.3, -0.25) is 34.1 Å². The summed E-state index contributed by atoms with van der Waals surface area (Å²) < 4.78 is 32.5. The van der Waals surface area contributed by atoms with Gasteiger partial charge in [0.05, 0.1) is 4.92 Å². The van der Waals surface area contributed by atoms with Gasteiger partial charge in [0.15, 0.2) is 18.0 Å². The number of nitro benzene ring substituents is 1. The van der Waals surface area contributed by atoms with Crippen molar-refractivity contribution < 1.29 is 67.5 Å². The Hall–Kier alpha value is -5.25. The van der Waals surface area contributed by atoms with Gasteiger partial charge in [0.2, 0.25) is 12.4 Å². The lowest BCUT2D eigenvalue weighted by atomic mass is 9.98. The van der Waals surface area contributed by atoms with Crippen molar-refractivity contribution in [2.24, 2.45) is 0 Å². The third kappa shape index (κ3) is 9.37. The number of esters is 4. The van der Waals surface area contributed by atoms with Gasteiger partial charge in [-0.2, -0.15) is 0 Å². The monoisotopic (exact) mass is 633 g/mol. The van der Waals surface area contributed by atoms with Crippen molar-refractivity contribution in [3.8, 4) is 17.2 Å². The molecule has 2 aromatic rings. The molecule has 5 atom stereocenters. The molecular weight excluding hydrogens is 602 g/mol. The number of hydrogen-bond donors (Lipinski definition) is 2. The fourth-order valence-corrected chi connectivity index (χ4v) is 4.53. The summed E-state index contributed by atoms with van der Waals surface area (Å²) in [5.41, 5.74) is 0.0648. The van der Waals surface area contributed by atoms with Crippen LogP contribution in [-0.2, 0) is 49.3 Å². The minimum absolute atomic E-state index is 0.118. The molecule has 0 saturated carbocycles. The number of nitro groups is 1. The highest BCUT2D eigenvalue weighted by Gasteiger charge is 2.53. The fourth-order valence-electron chi connectivity index (χ4n) is 4.53. The molecular formula is C29H31NO15. The molecule has 0 aromatic heterocycles. The summed E-state index contributed by atoms with van der Waals surface area (Å²) >= 11 is 0. The van der Waals surface area contributed by atoms with Crippen LogP contribution < -0.4 is 4.74 Å². The van der Waals surface area contributed by atoms with E-state index in [0.29, 0.717) is 5.56 Å². The fraction of sp³-hybridized carbons (Fsp3) is 0.414. The van der Waals surface area contributed by atoms with E-state index in [-0.39, 0.29) is 24.3 Å². The number of non-ortho nitro benzene ring substituents is 1. The van der Waals surface area contributed by atoms with Crippen molar-refractivity contribution in [1.29, 1.82) is 0 Å². The van der Waals surface area contributed by atoms with Gasteiger partial charge >= 0.3 is 23.9 Å². The first-order valence-electron chi connectivity index (χ1n) is 13.5. The predicted octanol–water partition coefficient (Wildman–Crippen LogP) is 2.28. The first-order chi connectivity index (χ1) is 21.2. The van der Waals surface area contributed by atoms with Gasteiger partial charge in [0.25, 0.3) is 5.69 Å². The number of rotatable bonds is 12. The van der Waals surface area contributed by atoms with Crippen molar-refractivity contribution >= 4 is 35.3 Å². The molecule has 1 heterocycles. The number of nitrogens with zero attached hydrogens (tertiary/aromatic N) is 1. The van der Waals surface area contributed by atoms with E-state index in [2.05, 4.69) is 0 Å². The van der Waals surface area contributed by atoms with Gasteiger partial charge < -0.3 is 38.6 Å². The molecule has 16 heteroatoms. The quantitative estimate of drug-likeness (QED) is 0.112. The molecule has 0 radical (unpaired) electrons. The van der Waals surface area contributed by atoms with E-state index in [4.69, 9.17) is 28.4 Å². The summed E-state index contributed by atoms with van der Waals surface area (Å²) in [6.07, 6.45) is -7.48. The van der Waals surface area contributed by atoms with Crippen LogP contribution in [0.5, 0.6) is 17.2 Å². The van der Waals surface area contributed by atoms with Crippen LogP contribution in [0.15, 0.2) is 36.4 Å². The van der Waals surface area contributed by atoms with Crippen molar-refractivity contribution in [2.45, 2.75) is 71.2 Å². The zero-order chi connectivity index (χ0) is 33.4. The number of ketones is 1. The van der Waals surface area contributed by atoms with Crippen LogP contribution in [0, 0.1) is 10.1 Å². The van der Waals surface area contributed by atoms with E-state index in [1.807, 2.05) is 0 Å². The zero-order valence-electron chi connectivity index (χ0n) is 24.6. The number of aromatic hydroxyl groups is 2. The van der Waals surface area contributed by atoms with Crippen LogP contribution in [0.1, 0.15) is 50.0 Å². The first-order valence-corrected chi connectivity index (χ1v) is 13.5. The lowest BCUT2D eigenvalue weighted by Gasteiger charge is -2.43. The van der Waals surface area contributed by atoms with E-state index in [1.54, 1.807) is 0 Å². The molecule has 45 heavy (non-hydrogen) atoms. The highest BCUT2D eigenvalue weighted by Crippen LogP contribution is 2.37. The average Bonchev–Trinajstić information content (AvgIpc) is 2.93. The molecule has 0 spiro atoms. The van der Waals surface area contributed by atoms with Crippen LogP contribution >= 0.6 is 0 Å². The lowest BCUT2D eigenvalue weighted by molar-refractivity contribution is -0.384. The molecule has 1 fully saturated rings. The highest BCUT2D eigenvalue weighted by atomic mass is 16.7. The standard InChI is InChI=1S/C29H31NO15/c1-14(31)40-13-24-26(41-15(2)32)27(42-16(3)33)28(43-17(4)34)29(45-24)44-20-11-22(36)25(23(37)12-20)21(35)10-7-18-5-8-19(9-6-18)30(38)39/h5-6,8-9,11-12,24,26-29,36-37H,7,10,13H2,1-4H3. The molecule has 16 nitrogen and oxygen atoms in total. The molecule has 1 aliphatic heterocycles. The summed E-state index contributed by atoms with van der Waals surface area (Å²) in [7, 11) is 0. The SMILES string of the molecule is CC(=O)OCC1OC(Oc2cc(O)c(C(=O)CCc3ccc([N+](=O)[O-])cc3)c(O)c2)C(OC(C)=O)C(OC(C)=O)C1OC(C)=O. The van der Waals surface area contributed by atoms with Gasteiger partial charge in [-0.15, -0.1) is 0 Å². The van der Waals surface area contributed by atoms with Gasteiger partial charge in [-0.25, -0.2) is 0 Å². The summed E-state index contributed by atoms with van der Waals surface area (Å²) in [4.78, 5) is 70.5. The lowest BCUT2D eigenvalue weighted by Crippen LogP contribution is -2.63. The van der Waals surface area contributed by atoms with Gasteiger partial charge in [-0.1, -0.05) is 12.1 Å². The van der Waals surface area contributed by atoms with Gasteiger partial charge in [0.1, 0.15) is 35.5 Å². The largest absolute Gasteiger partial charge is 0.507 e. The molecule has 2 N–H and O–H groups in total. The van der Waals surface area contributed by atoms with E-state index < -0.39 is 89.0 Å². The summed E-state index contributed by atoms with van der Waals surface area (Å²) in [5, 5.41) is 32.1. The third-order valence-electron chi connectivity index (χ3n) is 6.34. The van der Waals surface area contributed by atoms with E-state index in [9.17, 15) is 44.3 Å². The Bertz CT molecular complexity index is 1430. The van der Waals surface area contributed by atoms with Crippen molar-refractivity contribution in [3.05, 3.63) is 57.6 Å². The second-order valence-corrected chi connectivity index (χ2v) is 9.87. The van der Waals surface area contributed by atoms with Crippen molar-refractivity contribution in [3.63, 3.8) is 0 Å². The van der Waals surface area contributed by atoms with Crippen LogP contribution in [-0.4, -0.2) is 82.1 Å². The summed E-state index contributed by atoms with van der Waals surface area (Å²) in [6, 6.07) is 7.49. The number of phenols is 2. The van der Waals surface area contributed by atoms with Crippen LogP contribution in [0.25, 0.3) is 0 Å². The highest BCUT2D eigenvalue weighted by molar-refractivity contribution is 6.01. The number of hydrogen-bond acceptors (Lipinski definition) is 15. The number of carbonyl (C=O) groups excluding carboxylic acids is 5. The Kier molecular flexibility index (Phi) is 11.4. The smallest absolute Gasteiger partial charge is 0.303 e. The maximum atomic E-state index is 12.9. The maximum Gasteiger partial charge on any atom is 0.303 e. The zero-order valence-corrected chi connectivity index (χ0v) is 24.6. The summed E-state index contributed by atoms with van der Waals surface area (Å²) in [6.45, 7) is 3.77. The Morgan fingerprint density at radius 3 is 1.87 bits per heavy atom. The molecule has 0 bridgehead atoms. The minimum atomic E-state index is -1.65. The Balaban J connectivity index is 1.88. The van der Waals surface area contributed by atoms with Crippen LogP contribution in [0.3, 0.4) is 0 Å². The van der Waals surface area contributed by atoms with Gasteiger partial charge in [0, 0.05) is 58.4 Å². The van der Waals surface area contributed by atoms with Crippen molar-refractivity contribution in [1.82, 2.24) is 0 Å². The average molecular weight is 634 g/mol. The second kappa shape index (κ2) is 15.0. The molecule has 0 amide bonds. The normalized spacial score (nSPS) is 20.8. The molecule has 2 aromatic carbocycles. The molecule has 0 aliphatic carbocycles. The first kappa shape index (κ1) is 34.2.